The molecule has 0 saturated heterocycles. The molecule has 0 aromatic heterocycles. The quantitative estimate of drug-likeness (QED) is 0.772. The lowest BCUT2D eigenvalue weighted by atomic mass is 9.97. The van der Waals surface area contributed by atoms with Crippen molar-refractivity contribution in [1.29, 1.82) is 0 Å². The van der Waals surface area contributed by atoms with Crippen molar-refractivity contribution in [2.75, 3.05) is 11.9 Å². The number of rotatable bonds is 0. The number of carbonyl (C=O) groups is 1. The molecule has 2 atom stereocenters. The highest BCUT2D eigenvalue weighted by molar-refractivity contribution is 9.10. The zero-order valence-corrected chi connectivity index (χ0v) is 9.91. The molecule has 1 fully saturated rings. The van der Waals surface area contributed by atoms with Gasteiger partial charge in [0.25, 0.3) is 0 Å². The summed E-state index contributed by atoms with van der Waals surface area (Å²) in [4.78, 5) is 13.8. The molecule has 1 amide bonds. The van der Waals surface area contributed by atoms with Crippen LogP contribution in [-0.4, -0.2) is 19.0 Å². The van der Waals surface area contributed by atoms with Gasteiger partial charge in [0.05, 0.1) is 11.1 Å². The van der Waals surface area contributed by atoms with Gasteiger partial charge in [-0.1, -0.05) is 12.1 Å². The van der Waals surface area contributed by atoms with E-state index in [0.717, 1.165) is 22.1 Å². The number of benzene rings is 1. The number of halogens is 1. The van der Waals surface area contributed by atoms with Crippen LogP contribution in [0, 0.1) is 0 Å². The molecule has 78 valence electrons. The van der Waals surface area contributed by atoms with E-state index in [1.54, 1.807) is 4.90 Å². The first-order valence-corrected chi connectivity index (χ1v) is 5.71. The number of hydrogen-bond donors (Lipinski definition) is 1. The number of fused-ring (bicyclic) bond motifs is 2. The fraction of sp³-hybridized carbons (Fsp3) is 0.364. The standard InChI is InChI=1S/C11H11BrN2O/c1-14-9-6(3-2-4-7(9)12)11(10(14)15)5-8(11)13/h2-4,8H,5,13H2,1H3. The molecule has 2 aliphatic rings. The number of para-hydroxylation sites is 1. The van der Waals surface area contributed by atoms with Crippen LogP contribution >= 0.6 is 15.9 Å². The Morgan fingerprint density at radius 2 is 2.27 bits per heavy atom. The molecule has 1 aliphatic heterocycles. The van der Waals surface area contributed by atoms with Crippen molar-refractivity contribution in [1.82, 2.24) is 0 Å². The lowest BCUT2D eigenvalue weighted by Crippen LogP contribution is -2.32. The third-order valence-electron chi connectivity index (χ3n) is 3.50. The van der Waals surface area contributed by atoms with Crippen molar-refractivity contribution in [3.05, 3.63) is 28.2 Å². The van der Waals surface area contributed by atoms with Crippen LogP contribution in [0.3, 0.4) is 0 Å². The summed E-state index contributed by atoms with van der Waals surface area (Å²) < 4.78 is 0.965. The topological polar surface area (TPSA) is 46.3 Å². The summed E-state index contributed by atoms with van der Waals surface area (Å²) in [6.07, 6.45) is 0.777. The Kier molecular flexibility index (Phi) is 1.64. The zero-order chi connectivity index (χ0) is 10.8. The molecule has 0 bridgehead atoms. The van der Waals surface area contributed by atoms with Gasteiger partial charge in [-0.25, -0.2) is 0 Å². The smallest absolute Gasteiger partial charge is 0.239 e. The molecule has 1 spiro atoms. The van der Waals surface area contributed by atoms with E-state index in [-0.39, 0.29) is 11.9 Å². The minimum absolute atomic E-state index is 0.0111. The van der Waals surface area contributed by atoms with E-state index < -0.39 is 5.41 Å². The van der Waals surface area contributed by atoms with Gasteiger partial charge in [0.1, 0.15) is 0 Å². The Bertz CT molecular complexity index is 474. The SMILES string of the molecule is CN1C(=O)C2(CC2N)c2cccc(Br)c21. The summed E-state index contributed by atoms with van der Waals surface area (Å²) in [7, 11) is 1.81. The maximum absolute atomic E-state index is 12.1. The first kappa shape index (κ1) is 9.36. The van der Waals surface area contributed by atoms with E-state index in [1.165, 1.54) is 0 Å². The van der Waals surface area contributed by atoms with Crippen molar-refractivity contribution >= 4 is 27.5 Å². The summed E-state index contributed by atoms with van der Waals surface area (Å²) in [6, 6.07) is 5.91. The largest absolute Gasteiger partial charge is 0.326 e. The second-order valence-electron chi connectivity index (χ2n) is 4.28. The fourth-order valence-corrected chi connectivity index (χ4v) is 3.21. The predicted octanol–water partition coefficient (Wildman–Crippen LogP) is 1.39. The molecule has 1 aromatic carbocycles. The van der Waals surface area contributed by atoms with Gasteiger partial charge in [0, 0.05) is 17.6 Å². The lowest BCUT2D eigenvalue weighted by molar-refractivity contribution is -0.120. The van der Waals surface area contributed by atoms with E-state index in [4.69, 9.17) is 5.73 Å². The molecule has 1 heterocycles. The van der Waals surface area contributed by atoms with Gasteiger partial charge in [0.2, 0.25) is 5.91 Å². The van der Waals surface area contributed by atoms with Crippen molar-refractivity contribution in [3.63, 3.8) is 0 Å². The number of anilines is 1. The summed E-state index contributed by atoms with van der Waals surface area (Å²) in [5.74, 6) is 0.136. The van der Waals surface area contributed by atoms with Crippen LogP contribution in [0.15, 0.2) is 22.7 Å². The molecular formula is C11H11BrN2O. The number of likely N-dealkylation sites (N-methyl/N-ethyl adjacent to an activating group) is 1. The van der Waals surface area contributed by atoms with Crippen molar-refractivity contribution < 1.29 is 4.79 Å². The molecule has 1 aliphatic carbocycles. The molecule has 3 nitrogen and oxygen atoms in total. The number of amides is 1. The van der Waals surface area contributed by atoms with Gasteiger partial charge in [-0.15, -0.1) is 0 Å². The van der Waals surface area contributed by atoms with E-state index in [9.17, 15) is 4.79 Å². The molecule has 15 heavy (non-hydrogen) atoms. The third-order valence-corrected chi connectivity index (χ3v) is 4.14. The molecule has 0 radical (unpaired) electrons. The van der Waals surface area contributed by atoms with Crippen molar-refractivity contribution in [2.45, 2.75) is 17.9 Å². The maximum Gasteiger partial charge on any atom is 0.239 e. The van der Waals surface area contributed by atoms with E-state index in [2.05, 4.69) is 15.9 Å². The highest BCUT2D eigenvalue weighted by Crippen LogP contribution is 2.57. The molecule has 3 rings (SSSR count). The highest BCUT2D eigenvalue weighted by atomic mass is 79.9. The van der Waals surface area contributed by atoms with Crippen LogP contribution < -0.4 is 10.6 Å². The van der Waals surface area contributed by atoms with Gasteiger partial charge >= 0.3 is 0 Å². The second-order valence-corrected chi connectivity index (χ2v) is 5.14. The average Bonchev–Trinajstić information content (AvgIpc) is 2.83. The Morgan fingerprint density at radius 1 is 1.60 bits per heavy atom. The molecular weight excluding hydrogens is 256 g/mol. The first-order chi connectivity index (χ1) is 7.09. The summed E-state index contributed by atoms with van der Waals surface area (Å²) >= 11 is 3.48. The van der Waals surface area contributed by atoms with E-state index in [1.807, 2.05) is 25.2 Å². The zero-order valence-electron chi connectivity index (χ0n) is 8.33. The molecule has 2 unspecified atom stereocenters. The van der Waals surface area contributed by atoms with Crippen LogP contribution in [0.4, 0.5) is 5.69 Å². The summed E-state index contributed by atoms with van der Waals surface area (Å²) in [6.45, 7) is 0. The van der Waals surface area contributed by atoms with Crippen LogP contribution in [-0.2, 0) is 10.2 Å². The van der Waals surface area contributed by atoms with Gasteiger partial charge in [-0.3, -0.25) is 4.79 Å². The molecule has 1 saturated carbocycles. The Balaban J connectivity index is 2.28. The van der Waals surface area contributed by atoms with Crippen LogP contribution in [0.1, 0.15) is 12.0 Å². The monoisotopic (exact) mass is 266 g/mol. The molecule has 1 aromatic rings. The minimum atomic E-state index is -0.409. The van der Waals surface area contributed by atoms with Crippen molar-refractivity contribution in [3.8, 4) is 0 Å². The number of nitrogens with two attached hydrogens (primary N) is 1. The van der Waals surface area contributed by atoms with E-state index >= 15 is 0 Å². The Hall–Kier alpha value is -0.870. The second kappa shape index (κ2) is 2.62. The molecule has 4 heteroatoms. The highest BCUT2D eigenvalue weighted by Gasteiger charge is 2.65. The van der Waals surface area contributed by atoms with Gasteiger partial charge in [-0.05, 0) is 34.0 Å². The first-order valence-electron chi connectivity index (χ1n) is 4.92. The van der Waals surface area contributed by atoms with Crippen LogP contribution in [0.2, 0.25) is 0 Å². The number of carbonyl (C=O) groups excluding carboxylic acids is 1. The Morgan fingerprint density at radius 3 is 2.87 bits per heavy atom. The van der Waals surface area contributed by atoms with Crippen molar-refractivity contribution in [2.24, 2.45) is 5.73 Å². The van der Waals surface area contributed by atoms with Gasteiger partial charge in [0.15, 0.2) is 0 Å². The fourth-order valence-electron chi connectivity index (χ4n) is 2.58. The van der Waals surface area contributed by atoms with Crippen LogP contribution in [0.5, 0.6) is 0 Å². The number of hydrogen-bond acceptors (Lipinski definition) is 2. The van der Waals surface area contributed by atoms with E-state index in [0.29, 0.717) is 0 Å². The normalized spacial score (nSPS) is 32.3. The predicted molar refractivity (Wildman–Crippen MR) is 61.8 cm³/mol. The maximum atomic E-state index is 12.1. The van der Waals surface area contributed by atoms with Crippen LogP contribution in [0.25, 0.3) is 0 Å². The average molecular weight is 267 g/mol. The minimum Gasteiger partial charge on any atom is -0.326 e. The Labute approximate surface area is 96.4 Å². The third kappa shape index (κ3) is 0.916. The molecule has 2 N–H and O–H groups in total. The van der Waals surface area contributed by atoms with Gasteiger partial charge < -0.3 is 10.6 Å². The lowest BCUT2D eigenvalue weighted by Gasteiger charge is -2.11. The summed E-state index contributed by atoms with van der Waals surface area (Å²) in [5, 5.41) is 0. The van der Waals surface area contributed by atoms with Gasteiger partial charge in [-0.2, -0.15) is 0 Å². The summed E-state index contributed by atoms with van der Waals surface area (Å²) in [5.41, 5.74) is 7.57. The number of nitrogens with zero attached hydrogens (tertiary/aromatic N) is 1.